The van der Waals surface area contributed by atoms with Crippen molar-refractivity contribution in [3.05, 3.63) is 71.8 Å². The first kappa shape index (κ1) is 18.7. The zero-order chi connectivity index (χ0) is 18.9. The van der Waals surface area contributed by atoms with Gasteiger partial charge in [-0.05, 0) is 18.1 Å². The van der Waals surface area contributed by atoms with E-state index < -0.39 is 0 Å². The minimum absolute atomic E-state index is 0.0684. The Hall–Kier alpha value is -3.13. The number of nitrogens with one attached hydrogen (secondary N) is 3. The van der Waals surface area contributed by atoms with Crippen LogP contribution < -0.4 is 10.7 Å². The lowest BCUT2D eigenvalue weighted by Crippen LogP contribution is -2.24. The van der Waals surface area contributed by atoms with Crippen molar-refractivity contribution in [2.45, 2.75) is 18.6 Å². The van der Waals surface area contributed by atoms with Gasteiger partial charge in [-0.3, -0.25) is 4.79 Å². The molecule has 3 rings (SSSR count). The molecular weight excluding hydrogens is 360 g/mol. The van der Waals surface area contributed by atoms with Crippen molar-refractivity contribution < 1.29 is 4.79 Å². The summed E-state index contributed by atoms with van der Waals surface area (Å²) in [5.74, 6) is 0.606. The Morgan fingerprint density at radius 3 is 2.56 bits per heavy atom. The number of anilines is 1. The van der Waals surface area contributed by atoms with Crippen molar-refractivity contribution in [1.82, 2.24) is 20.5 Å². The lowest BCUT2D eigenvalue weighted by molar-refractivity contribution is -0.118. The molecule has 3 aromatic rings. The molecule has 0 unspecified atom stereocenters. The second-order valence-corrected chi connectivity index (χ2v) is 6.64. The molecular formula is C19H20N6OS. The summed E-state index contributed by atoms with van der Waals surface area (Å²) < 4.78 is 0. The normalized spacial score (nSPS) is 11.2. The van der Waals surface area contributed by atoms with Crippen molar-refractivity contribution in [1.29, 1.82) is 0 Å². The van der Waals surface area contributed by atoms with Gasteiger partial charge in [0.1, 0.15) is 0 Å². The van der Waals surface area contributed by atoms with Crippen LogP contribution in [0.5, 0.6) is 0 Å². The fraction of sp³-hybridized carbons (Fsp3) is 0.158. The molecule has 1 aromatic heterocycles. The Labute approximate surface area is 161 Å². The fourth-order valence-electron chi connectivity index (χ4n) is 2.22. The fourth-order valence-corrected chi connectivity index (χ4v) is 2.85. The molecule has 0 radical (unpaired) electrons. The number of hydrogen-bond acceptors (Lipinski definition) is 6. The molecule has 0 bridgehead atoms. The molecule has 0 spiro atoms. The van der Waals surface area contributed by atoms with E-state index in [0.717, 1.165) is 16.8 Å². The van der Waals surface area contributed by atoms with Gasteiger partial charge in [0.05, 0.1) is 11.5 Å². The van der Waals surface area contributed by atoms with E-state index >= 15 is 0 Å². The summed E-state index contributed by atoms with van der Waals surface area (Å²) in [6.45, 7) is 2.42. The number of aromatic nitrogens is 3. The van der Waals surface area contributed by atoms with E-state index in [4.69, 9.17) is 0 Å². The van der Waals surface area contributed by atoms with Crippen molar-refractivity contribution in [3.8, 4) is 0 Å². The summed E-state index contributed by atoms with van der Waals surface area (Å²) in [4.78, 5) is 16.2. The summed E-state index contributed by atoms with van der Waals surface area (Å²) >= 11 is 1.26. The number of carbonyl (C=O) groups is 1. The summed E-state index contributed by atoms with van der Waals surface area (Å²) in [6, 6.07) is 19.6. The lowest BCUT2D eigenvalue weighted by atomic mass is 10.1. The van der Waals surface area contributed by atoms with E-state index in [-0.39, 0.29) is 11.7 Å². The average molecular weight is 380 g/mol. The van der Waals surface area contributed by atoms with E-state index in [9.17, 15) is 4.79 Å². The highest BCUT2D eigenvalue weighted by Crippen LogP contribution is 2.14. The van der Waals surface area contributed by atoms with Gasteiger partial charge >= 0.3 is 0 Å². The van der Waals surface area contributed by atoms with Gasteiger partial charge < -0.3 is 5.32 Å². The molecule has 0 saturated carbocycles. The number of H-pyrrole nitrogens is 1. The Morgan fingerprint density at radius 1 is 1.11 bits per heavy atom. The van der Waals surface area contributed by atoms with Crippen molar-refractivity contribution >= 4 is 29.3 Å². The van der Waals surface area contributed by atoms with Crippen LogP contribution in [-0.4, -0.2) is 32.6 Å². The predicted octanol–water partition coefficient (Wildman–Crippen LogP) is 3.05. The number of thioether (sulfide) groups is 1. The van der Waals surface area contributed by atoms with Gasteiger partial charge in [0.15, 0.2) is 0 Å². The van der Waals surface area contributed by atoms with Gasteiger partial charge in [-0.15, -0.1) is 5.10 Å². The smallest absolute Gasteiger partial charge is 0.240 e. The molecule has 0 fully saturated rings. The van der Waals surface area contributed by atoms with Crippen LogP contribution in [-0.2, 0) is 11.3 Å². The summed E-state index contributed by atoms with van der Waals surface area (Å²) in [5.41, 5.74) is 5.76. The maximum atomic E-state index is 11.9. The second-order valence-electron chi connectivity index (χ2n) is 5.69. The molecule has 138 valence electrons. The van der Waals surface area contributed by atoms with Crippen molar-refractivity contribution in [2.24, 2.45) is 5.10 Å². The first-order chi connectivity index (χ1) is 13.2. The number of hydrazone groups is 1. The molecule has 8 heteroatoms. The lowest BCUT2D eigenvalue weighted by Gasteiger charge is -2.03. The molecule has 0 aliphatic carbocycles. The number of rotatable bonds is 8. The highest BCUT2D eigenvalue weighted by atomic mass is 32.2. The highest BCUT2D eigenvalue weighted by Gasteiger charge is 2.07. The van der Waals surface area contributed by atoms with Crippen LogP contribution in [0.25, 0.3) is 0 Å². The summed E-state index contributed by atoms with van der Waals surface area (Å²) in [6.07, 6.45) is 0. The Morgan fingerprint density at radius 2 is 1.81 bits per heavy atom. The Balaban J connectivity index is 1.44. The number of aromatic amines is 1. The van der Waals surface area contributed by atoms with Gasteiger partial charge in [0.2, 0.25) is 17.0 Å². The quantitative estimate of drug-likeness (QED) is 0.317. The molecule has 1 heterocycles. The minimum Gasteiger partial charge on any atom is -0.351 e. The zero-order valence-electron chi connectivity index (χ0n) is 14.8. The van der Waals surface area contributed by atoms with Crippen LogP contribution in [0.3, 0.4) is 0 Å². The standard InChI is InChI=1S/C19H20N6OS/c1-14(16-10-6-3-7-11-16)22-23-18-21-19(25-24-18)27-13-17(26)20-12-15-8-4-2-5-9-15/h2-11H,12-13H2,1H3,(H,20,26)(H2,21,23,24,25)/b22-14+. The third kappa shape index (κ3) is 5.96. The summed E-state index contributed by atoms with van der Waals surface area (Å²) in [5, 5.41) is 14.5. The van der Waals surface area contributed by atoms with Crippen LogP contribution in [0.2, 0.25) is 0 Å². The molecule has 1 amide bonds. The second kappa shape index (κ2) is 9.54. The van der Waals surface area contributed by atoms with Crippen molar-refractivity contribution in [3.63, 3.8) is 0 Å². The zero-order valence-corrected chi connectivity index (χ0v) is 15.7. The van der Waals surface area contributed by atoms with Gasteiger partial charge in [-0.2, -0.15) is 10.1 Å². The first-order valence-corrected chi connectivity index (χ1v) is 9.41. The average Bonchev–Trinajstić information content (AvgIpc) is 3.18. The van der Waals surface area contributed by atoms with Crippen LogP contribution >= 0.6 is 11.8 Å². The van der Waals surface area contributed by atoms with Crippen LogP contribution in [0, 0.1) is 0 Å². The number of hydrogen-bond donors (Lipinski definition) is 3. The molecule has 0 saturated heterocycles. The highest BCUT2D eigenvalue weighted by molar-refractivity contribution is 7.99. The SMILES string of the molecule is C/C(=N\Nc1nc(SCC(=O)NCc2ccccc2)n[nH]1)c1ccccc1. The predicted molar refractivity (Wildman–Crippen MR) is 108 cm³/mol. The van der Waals surface area contributed by atoms with E-state index in [1.54, 1.807) is 0 Å². The van der Waals surface area contributed by atoms with E-state index in [2.05, 4.69) is 31.0 Å². The van der Waals surface area contributed by atoms with Crippen LogP contribution in [0.4, 0.5) is 5.95 Å². The molecule has 0 aliphatic rings. The van der Waals surface area contributed by atoms with E-state index in [1.165, 1.54) is 11.8 Å². The third-order valence-electron chi connectivity index (χ3n) is 3.65. The maximum Gasteiger partial charge on any atom is 0.240 e. The number of nitrogens with zero attached hydrogens (tertiary/aromatic N) is 3. The van der Waals surface area contributed by atoms with Gasteiger partial charge in [0, 0.05) is 6.54 Å². The monoisotopic (exact) mass is 380 g/mol. The number of amides is 1. The van der Waals surface area contributed by atoms with Crippen molar-refractivity contribution in [2.75, 3.05) is 11.2 Å². The molecule has 2 aromatic carbocycles. The number of carbonyl (C=O) groups excluding carboxylic acids is 1. The van der Waals surface area contributed by atoms with Gasteiger partial charge in [-0.1, -0.05) is 72.4 Å². The summed E-state index contributed by atoms with van der Waals surface area (Å²) in [7, 11) is 0. The molecule has 27 heavy (non-hydrogen) atoms. The van der Waals surface area contributed by atoms with Crippen LogP contribution in [0.1, 0.15) is 18.1 Å². The largest absolute Gasteiger partial charge is 0.351 e. The topological polar surface area (TPSA) is 95.1 Å². The molecule has 0 aliphatic heterocycles. The Kier molecular flexibility index (Phi) is 6.59. The van der Waals surface area contributed by atoms with Gasteiger partial charge in [-0.25, -0.2) is 10.5 Å². The maximum absolute atomic E-state index is 11.9. The van der Waals surface area contributed by atoms with E-state index in [1.807, 2.05) is 67.6 Å². The molecule has 7 nitrogen and oxygen atoms in total. The molecule has 0 atom stereocenters. The minimum atomic E-state index is -0.0684. The van der Waals surface area contributed by atoms with E-state index in [0.29, 0.717) is 17.6 Å². The Bertz CT molecular complexity index is 895. The first-order valence-electron chi connectivity index (χ1n) is 8.42. The molecule has 3 N–H and O–H groups in total. The third-order valence-corrected chi connectivity index (χ3v) is 4.50. The van der Waals surface area contributed by atoms with Gasteiger partial charge in [0.25, 0.3) is 0 Å². The van der Waals surface area contributed by atoms with Crippen LogP contribution in [0.15, 0.2) is 70.9 Å². The number of benzene rings is 2.